The summed E-state index contributed by atoms with van der Waals surface area (Å²) in [7, 11) is 0. The maximum Gasteiger partial charge on any atom is 0.143 e. The quantitative estimate of drug-likeness (QED) is 0.416. The zero-order chi connectivity index (χ0) is 6.91. The van der Waals surface area contributed by atoms with Crippen molar-refractivity contribution in [1.29, 1.82) is 0 Å². The van der Waals surface area contributed by atoms with Crippen molar-refractivity contribution in [1.82, 2.24) is 0 Å². The van der Waals surface area contributed by atoms with E-state index in [2.05, 4.69) is 17.6 Å². The van der Waals surface area contributed by atoms with E-state index in [1.165, 1.54) is 0 Å². The molecule has 9 heavy (non-hydrogen) atoms. The predicted octanol–water partition coefficient (Wildman–Crippen LogP) is 0.983. The van der Waals surface area contributed by atoms with Crippen LogP contribution in [0.25, 0.3) is 0 Å². The lowest BCUT2D eigenvalue weighted by Gasteiger charge is -2.14. The minimum Gasteiger partial charge on any atom is -0.375 e. The zero-order valence-electron chi connectivity index (χ0n) is 5.20. The van der Waals surface area contributed by atoms with Crippen LogP contribution in [0.4, 0.5) is 0 Å². The van der Waals surface area contributed by atoms with Gasteiger partial charge in [0.1, 0.15) is 4.93 Å². The van der Waals surface area contributed by atoms with Crippen LogP contribution in [0.1, 0.15) is 13.3 Å². The molecule has 1 unspecified atom stereocenters. The molecule has 1 atom stereocenters. The normalized spacial score (nSPS) is 23.7. The van der Waals surface area contributed by atoms with Gasteiger partial charge in [-0.1, -0.05) is 6.08 Å². The molecule has 0 amide bonds. The lowest BCUT2D eigenvalue weighted by atomic mass is 10.2. The van der Waals surface area contributed by atoms with Gasteiger partial charge in [-0.15, -0.1) is 12.6 Å². The first kappa shape index (κ1) is 6.83. The average molecular weight is 143 g/mol. The summed E-state index contributed by atoms with van der Waals surface area (Å²) in [5.74, 6) is 0. The van der Waals surface area contributed by atoms with Crippen molar-refractivity contribution < 1.29 is 5.11 Å². The molecule has 0 aromatic heterocycles. The summed E-state index contributed by atoms with van der Waals surface area (Å²) in [6.07, 6.45) is 4.29. The molecule has 0 bridgehead atoms. The second kappa shape index (κ2) is 2.15. The van der Waals surface area contributed by atoms with Crippen molar-refractivity contribution in [2.45, 2.75) is 18.3 Å². The Hall–Kier alpha value is -0.280. The second-order valence-corrected chi connectivity index (χ2v) is 3.06. The van der Waals surface area contributed by atoms with E-state index in [4.69, 9.17) is 0 Å². The number of rotatable bonds is 1. The van der Waals surface area contributed by atoms with Gasteiger partial charge in [-0.05, 0) is 6.92 Å². The van der Waals surface area contributed by atoms with Gasteiger partial charge in [0.05, 0.1) is 5.71 Å². The number of hydrogen-bond donors (Lipinski definition) is 2. The first-order valence-corrected chi connectivity index (χ1v) is 3.22. The second-order valence-electron chi connectivity index (χ2n) is 2.19. The Bertz CT molecular complexity index is 166. The van der Waals surface area contributed by atoms with Crippen LogP contribution >= 0.6 is 12.6 Å². The molecule has 0 radical (unpaired) electrons. The number of nitrogens with zero attached hydrogens (tertiary/aromatic N) is 1. The predicted molar refractivity (Wildman–Crippen MR) is 40.8 cm³/mol. The van der Waals surface area contributed by atoms with E-state index in [-0.39, 0.29) is 0 Å². The summed E-state index contributed by atoms with van der Waals surface area (Å²) < 4.78 is 0. The Labute approximate surface area is 59.7 Å². The number of allylic oxidation sites excluding steroid dienone is 1. The van der Waals surface area contributed by atoms with Gasteiger partial charge in [-0.2, -0.15) is 0 Å². The minimum absolute atomic E-state index is 0.714. The topological polar surface area (TPSA) is 32.6 Å². The third kappa shape index (κ3) is 1.56. The largest absolute Gasteiger partial charge is 0.375 e. The van der Waals surface area contributed by atoms with E-state index >= 15 is 0 Å². The third-order valence-corrected chi connectivity index (χ3v) is 1.45. The van der Waals surface area contributed by atoms with Crippen molar-refractivity contribution in [3.8, 4) is 0 Å². The number of thiol groups is 1. The van der Waals surface area contributed by atoms with Gasteiger partial charge in [-0.25, -0.2) is 0 Å². The minimum atomic E-state index is -1.04. The van der Waals surface area contributed by atoms with Gasteiger partial charge in [0.15, 0.2) is 0 Å². The summed E-state index contributed by atoms with van der Waals surface area (Å²) >= 11 is 3.93. The van der Waals surface area contributed by atoms with Crippen molar-refractivity contribution >= 4 is 18.3 Å². The molecule has 50 valence electrons. The van der Waals surface area contributed by atoms with E-state index < -0.39 is 4.93 Å². The SMILES string of the molecule is CC(O)(S)C1=NC=CC1. The van der Waals surface area contributed by atoms with Crippen LogP contribution in [0.5, 0.6) is 0 Å². The van der Waals surface area contributed by atoms with Gasteiger partial charge in [-0.3, -0.25) is 4.99 Å². The molecule has 1 aliphatic rings. The highest BCUT2D eigenvalue weighted by Crippen LogP contribution is 2.17. The van der Waals surface area contributed by atoms with Gasteiger partial charge < -0.3 is 5.11 Å². The lowest BCUT2D eigenvalue weighted by molar-refractivity contribution is 0.229. The van der Waals surface area contributed by atoms with Crippen LogP contribution in [0, 0.1) is 0 Å². The van der Waals surface area contributed by atoms with Crippen LogP contribution in [-0.2, 0) is 0 Å². The van der Waals surface area contributed by atoms with Gasteiger partial charge in [0.25, 0.3) is 0 Å². The van der Waals surface area contributed by atoms with Gasteiger partial charge in [0.2, 0.25) is 0 Å². The summed E-state index contributed by atoms with van der Waals surface area (Å²) in [6, 6.07) is 0. The highest BCUT2D eigenvalue weighted by atomic mass is 32.1. The molecular weight excluding hydrogens is 134 g/mol. The molecule has 2 nitrogen and oxygen atoms in total. The smallest absolute Gasteiger partial charge is 0.143 e. The fourth-order valence-corrected chi connectivity index (χ4v) is 0.824. The van der Waals surface area contributed by atoms with E-state index in [1.807, 2.05) is 6.08 Å². The standard InChI is InChI=1S/C6H9NOS/c1-6(8,9)5-3-2-4-7-5/h2,4,8-9H,3H2,1H3. The molecule has 1 heterocycles. The highest BCUT2D eigenvalue weighted by Gasteiger charge is 2.22. The van der Waals surface area contributed by atoms with Crippen LogP contribution in [0.2, 0.25) is 0 Å². The van der Waals surface area contributed by atoms with Crippen molar-refractivity contribution in [3.05, 3.63) is 12.3 Å². The van der Waals surface area contributed by atoms with E-state index in [0.29, 0.717) is 5.71 Å². The zero-order valence-corrected chi connectivity index (χ0v) is 6.10. The highest BCUT2D eigenvalue weighted by molar-refractivity contribution is 7.82. The van der Waals surface area contributed by atoms with Gasteiger partial charge in [0, 0.05) is 12.6 Å². The number of hydrogen-bond acceptors (Lipinski definition) is 3. The summed E-state index contributed by atoms with van der Waals surface area (Å²) in [5, 5.41) is 9.21. The summed E-state index contributed by atoms with van der Waals surface area (Å²) in [5.41, 5.74) is 0.714. The first-order valence-electron chi connectivity index (χ1n) is 2.77. The number of aliphatic imine (C=N–C) groups is 1. The molecule has 0 fully saturated rings. The molecule has 1 aliphatic heterocycles. The molecule has 0 saturated carbocycles. The molecule has 3 heteroatoms. The molecule has 0 aromatic rings. The first-order chi connectivity index (χ1) is 4.11. The third-order valence-electron chi connectivity index (χ3n) is 1.19. The van der Waals surface area contributed by atoms with E-state index in [1.54, 1.807) is 13.1 Å². The molecule has 0 aliphatic carbocycles. The average Bonchev–Trinajstić information content (AvgIpc) is 2.08. The Morgan fingerprint density at radius 1 is 1.89 bits per heavy atom. The van der Waals surface area contributed by atoms with Crippen LogP contribution in [0.15, 0.2) is 17.3 Å². The Balaban J connectivity index is 2.66. The van der Waals surface area contributed by atoms with E-state index in [9.17, 15) is 5.11 Å². The van der Waals surface area contributed by atoms with Crippen molar-refractivity contribution in [2.75, 3.05) is 0 Å². The summed E-state index contributed by atoms with van der Waals surface area (Å²) in [4.78, 5) is 2.88. The fourth-order valence-electron chi connectivity index (χ4n) is 0.675. The fraction of sp³-hybridized carbons (Fsp3) is 0.500. The molecular formula is C6H9NOS. The Kier molecular flexibility index (Phi) is 1.64. The molecule has 0 spiro atoms. The Morgan fingerprint density at radius 3 is 2.78 bits per heavy atom. The Morgan fingerprint density at radius 2 is 2.56 bits per heavy atom. The molecule has 0 aromatic carbocycles. The number of aliphatic hydroxyl groups is 1. The van der Waals surface area contributed by atoms with Gasteiger partial charge >= 0.3 is 0 Å². The maximum absolute atomic E-state index is 9.21. The summed E-state index contributed by atoms with van der Waals surface area (Å²) in [6.45, 7) is 1.61. The monoisotopic (exact) mass is 143 g/mol. The maximum atomic E-state index is 9.21. The van der Waals surface area contributed by atoms with Crippen molar-refractivity contribution in [3.63, 3.8) is 0 Å². The van der Waals surface area contributed by atoms with Crippen molar-refractivity contribution in [2.24, 2.45) is 4.99 Å². The molecule has 1 N–H and O–H groups in total. The molecule has 1 rings (SSSR count). The van der Waals surface area contributed by atoms with Crippen LogP contribution in [-0.4, -0.2) is 15.8 Å². The van der Waals surface area contributed by atoms with Crippen LogP contribution < -0.4 is 0 Å². The molecule has 0 saturated heterocycles. The van der Waals surface area contributed by atoms with E-state index in [0.717, 1.165) is 6.42 Å². The lowest BCUT2D eigenvalue weighted by Crippen LogP contribution is -2.26. The van der Waals surface area contributed by atoms with Crippen LogP contribution in [0.3, 0.4) is 0 Å².